The van der Waals surface area contributed by atoms with Crippen LogP contribution in [-0.4, -0.2) is 53.8 Å². The van der Waals surface area contributed by atoms with E-state index in [0.29, 0.717) is 5.56 Å². The molecular formula is C23H28FN3O3. The molecule has 160 valence electrons. The quantitative estimate of drug-likeness (QED) is 0.613. The van der Waals surface area contributed by atoms with Crippen molar-refractivity contribution < 1.29 is 18.8 Å². The van der Waals surface area contributed by atoms with E-state index in [0.717, 1.165) is 34.7 Å². The first-order valence-electron chi connectivity index (χ1n) is 10.6. The molecule has 1 aromatic rings. The summed E-state index contributed by atoms with van der Waals surface area (Å²) in [6.07, 6.45) is 2.82. The molecule has 4 amide bonds. The van der Waals surface area contributed by atoms with Crippen molar-refractivity contribution in [2.75, 3.05) is 19.0 Å². The summed E-state index contributed by atoms with van der Waals surface area (Å²) in [5, 5.41) is 0. The van der Waals surface area contributed by atoms with Gasteiger partial charge in [0.1, 0.15) is 5.82 Å². The number of halogens is 1. The lowest BCUT2D eigenvalue weighted by atomic mass is 9.56. The molecule has 1 aromatic carbocycles. The molecule has 1 saturated carbocycles. The lowest BCUT2D eigenvalue weighted by molar-refractivity contribution is -0.161. The number of hydrogen-bond acceptors (Lipinski definition) is 4. The molecule has 1 aliphatic carbocycles. The van der Waals surface area contributed by atoms with E-state index < -0.39 is 23.3 Å². The van der Waals surface area contributed by atoms with E-state index in [2.05, 4.69) is 25.7 Å². The van der Waals surface area contributed by atoms with Gasteiger partial charge in [-0.1, -0.05) is 20.8 Å². The minimum absolute atomic E-state index is 0.0603. The van der Waals surface area contributed by atoms with Crippen LogP contribution in [-0.2, 0) is 16.0 Å². The minimum atomic E-state index is -1.43. The number of benzene rings is 1. The molecule has 0 radical (unpaired) electrons. The molecule has 3 fully saturated rings. The SMILES string of the molecule is CN1C(=O)N(C)C(=O)C2(Cc3cc(F)ccc3N3[C@@H]4CC(C)(C)C[C@](C)(C4)[C@H]32)C1=O. The fourth-order valence-corrected chi connectivity index (χ4v) is 7.42. The van der Waals surface area contributed by atoms with Gasteiger partial charge >= 0.3 is 6.03 Å². The Morgan fingerprint density at radius 3 is 2.27 bits per heavy atom. The molecule has 5 rings (SSSR count). The second-order valence-corrected chi connectivity index (χ2v) is 10.8. The lowest BCUT2D eigenvalue weighted by Gasteiger charge is -2.54. The van der Waals surface area contributed by atoms with Gasteiger partial charge in [0, 0.05) is 25.8 Å². The van der Waals surface area contributed by atoms with E-state index >= 15 is 0 Å². The van der Waals surface area contributed by atoms with Gasteiger partial charge < -0.3 is 4.90 Å². The molecule has 1 spiro atoms. The highest BCUT2D eigenvalue weighted by Gasteiger charge is 2.71. The van der Waals surface area contributed by atoms with Gasteiger partial charge in [-0.2, -0.15) is 0 Å². The summed E-state index contributed by atoms with van der Waals surface area (Å²) in [6.45, 7) is 6.65. The van der Waals surface area contributed by atoms with Crippen molar-refractivity contribution in [1.29, 1.82) is 0 Å². The van der Waals surface area contributed by atoms with Crippen LogP contribution in [0.3, 0.4) is 0 Å². The van der Waals surface area contributed by atoms with Crippen molar-refractivity contribution in [2.24, 2.45) is 16.2 Å². The number of amides is 4. The highest BCUT2D eigenvalue weighted by Crippen LogP contribution is 2.64. The largest absolute Gasteiger partial charge is 0.363 e. The third-order valence-electron chi connectivity index (χ3n) is 7.91. The Balaban J connectivity index is 1.80. The fraction of sp³-hybridized carbons (Fsp3) is 0.609. The van der Waals surface area contributed by atoms with Crippen LogP contribution in [0, 0.1) is 22.1 Å². The summed E-state index contributed by atoms with van der Waals surface area (Å²) in [5.41, 5.74) is -0.0574. The Labute approximate surface area is 176 Å². The molecule has 3 aliphatic heterocycles. The highest BCUT2D eigenvalue weighted by atomic mass is 19.1. The number of carbonyl (C=O) groups excluding carboxylic acids is 3. The molecule has 6 nitrogen and oxygen atoms in total. The second-order valence-electron chi connectivity index (χ2n) is 10.8. The van der Waals surface area contributed by atoms with Crippen LogP contribution in [0.15, 0.2) is 18.2 Å². The number of barbiturate groups is 1. The first-order valence-corrected chi connectivity index (χ1v) is 10.6. The van der Waals surface area contributed by atoms with E-state index in [1.54, 1.807) is 6.07 Å². The first kappa shape index (κ1) is 19.5. The molecule has 3 atom stereocenters. The van der Waals surface area contributed by atoms with Gasteiger partial charge in [0.2, 0.25) is 11.8 Å². The van der Waals surface area contributed by atoms with Gasteiger partial charge in [0.15, 0.2) is 5.41 Å². The monoisotopic (exact) mass is 413 g/mol. The van der Waals surface area contributed by atoms with Crippen LogP contribution in [0.1, 0.15) is 45.6 Å². The summed E-state index contributed by atoms with van der Waals surface area (Å²) in [5.74, 6) is -1.32. The minimum Gasteiger partial charge on any atom is -0.363 e. The molecule has 0 N–H and O–H groups in total. The Kier molecular flexibility index (Phi) is 3.66. The van der Waals surface area contributed by atoms with Crippen molar-refractivity contribution in [3.63, 3.8) is 0 Å². The molecule has 30 heavy (non-hydrogen) atoms. The zero-order valence-electron chi connectivity index (χ0n) is 18.2. The lowest BCUT2D eigenvalue weighted by Crippen LogP contribution is -2.72. The Bertz CT molecular complexity index is 981. The number of anilines is 1. The molecule has 2 saturated heterocycles. The Morgan fingerprint density at radius 1 is 1.00 bits per heavy atom. The maximum absolute atomic E-state index is 14.2. The van der Waals surface area contributed by atoms with Gasteiger partial charge in [-0.25, -0.2) is 9.18 Å². The number of urea groups is 1. The van der Waals surface area contributed by atoms with Gasteiger partial charge in [-0.15, -0.1) is 0 Å². The summed E-state index contributed by atoms with van der Waals surface area (Å²) < 4.78 is 14.2. The van der Waals surface area contributed by atoms with E-state index in [9.17, 15) is 18.8 Å². The molecule has 3 heterocycles. The highest BCUT2D eigenvalue weighted by molar-refractivity contribution is 6.20. The maximum Gasteiger partial charge on any atom is 0.332 e. The molecular weight excluding hydrogens is 385 g/mol. The smallest absolute Gasteiger partial charge is 0.332 e. The van der Waals surface area contributed by atoms with E-state index in [-0.39, 0.29) is 35.2 Å². The number of imide groups is 2. The van der Waals surface area contributed by atoms with E-state index in [1.807, 2.05) is 0 Å². The molecule has 7 heteroatoms. The second kappa shape index (κ2) is 5.62. The third kappa shape index (κ3) is 2.21. The van der Waals surface area contributed by atoms with Crippen LogP contribution in [0.5, 0.6) is 0 Å². The number of hydrogen-bond donors (Lipinski definition) is 0. The van der Waals surface area contributed by atoms with Gasteiger partial charge in [-0.3, -0.25) is 19.4 Å². The summed E-state index contributed by atoms with van der Waals surface area (Å²) >= 11 is 0. The van der Waals surface area contributed by atoms with Crippen LogP contribution in [0.2, 0.25) is 0 Å². The summed E-state index contributed by atoms with van der Waals surface area (Å²) in [6, 6.07) is 3.87. The fourth-order valence-electron chi connectivity index (χ4n) is 7.42. The van der Waals surface area contributed by atoms with Crippen LogP contribution in [0.4, 0.5) is 14.9 Å². The average molecular weight is 413 g/mol. The zero-order chi connectivity index (χ0) is 21.8. The molecule has 4 aliphatic rings. The van der Waals surface area contributed by atoms with E-state index in [4.69, 9.17) is 0 Å². The van der Waals surface area contributed by atoms with Gasteiger partial charge in [0.05, 0.1) is 6.04 Å². The van der Waals surface area contributed by atoms with Gasteiger partial charge in [-0.05, 0) is 60.3 Å². The Hall–Kier alpha value is -2.44. The predicted octanol–water partition coefficient (Wildman–Crippen LogP) is 3.19. The number of carbonyl (C=O) groups is 3. The predicted molar refractivity (Wildman–Crippen MR) is 109 cm³/mol. The molecule has 0 unspecified atom stereocenters. The molecule has 0 aromatic heterocycles. The van der Waals surface area contributed by atoms with Crippen LogP contribution in [0.25, 0.3) is 0 Å². The third-order valence-corrected chi connectivity index (χ3v) is 7.91. The van der Waals surface area contributed by atoms with Crippen molar-refractivity contribution in [3.8, 4) is 0 Å². The average Bonchev–Trinajstić information content (AvgIpc) is 2.89. The maximum atomic E-state index is 14.2. The van der Waals surface area contributed by atoms with Crippen LogP contribution < -0.4 is 4.90 Å². The first-order chi connectivity index (χ1) is 13.9. The van der Waals surface area contributed by atoms with Crippen molar-refractivity contribution in [2.45, 2.75) is 58.5 Å². The van der Waals surface area contributed by atoms with E-state index in [1.165, 1.54) is 26.2 Å². The topological polar surface area (TPSA) is 60.9 Å². The summed E-state index contributed by atoms with van der Waals surface area (Å²) in [7, 11) is 2.88. The van der Waals surface area contributed by atoms with Gasteiger partial charge in [0.25, 0.3) is 0 Å². The standard InChI is InChI=1S/C23H28FN3O3/c1-21(2)10-15-11-22(3,12-21)17-23(18(28)25(4)20(30)26(5)19(23)29)9-13-8-14(24)6-7-16(13)27(15)17/h6-8,15,17H,9-12H2,1-5H3/t15-,17+,22+/m1/s1. The molecule has 2 bridgehead atoms. The Morgan fingerprint density at radius 2 is 1.63 bits per heavy atom. The number of fused-ring (bicyclic) bond motifs is 8. The van der Waals surface area contributed by atoms with Crippen molar-refractivity contribution >= 4 is 23.5 Å². The zero-order valence-corrected chi connectivity index (χ0v) is 18.2. The van der Waals surface area contributed by atoms with Crippen molar-refractivity contribution in [3.05, 3.63) is 29.6 Å². The van der Waals surface area contributed by atoms with Crippen LogP contribution >= 0.6 is 0 Å². The number of nitrogens with zero attached hydrogens (tertiary/aromatic N) is 3. The number of rotatable bonds is 0. The van der Waals surface area contributed by atoms with Crippen molar-refractivity contribution in [1.82, 2.24) is 9.80 Å². The normalized spacial score (nSPS) is 33.8. The summed E-state index contributed by atoms with van der Waals surface area (Å²) in [4.78, 5) is 44.4.